The van der Waals surface area contributed by atoms with Gasteiger partial charge in [-0.1, -0.05) is 24.3 Å². The minimum absolute atomic E-state index is 0.0291. The lowest BCUT2D eigenvalue weighted by Crippen LogP contribution is -2.39. The van der Waals surface area contributed by atoms with Crippen molar-refractivity contribution in [3.05, 3.63) is 78.5 Å². The highest BCUT2D eigenvalue weighted by Crippen LogP contribution is 2.24. The van der Waals surface area contributed by atoms with Crippen molar-refractivity contribution in [2.45, 2.75) is 12.6 Å². The fourth-order valence-electron chi connectivity index (χ4n) is 3.06. The topological polar surface area (TPSA) is 63.2 Å². The Morgan fingerprint density at radius 3 is 2.85 bits per heavy atom. The van der Waals surface area contributed by atoms with Crippen LogP contribution in [0.2, 0.25) is 0 Å². The van der Waals surface area contributed by atoms with Gasteiger partial charge in [-0.3, -0.25) is 9.88 Å². The molecule has 3 heterocycles. The predicted molar refractivity (Wildman–Crippen MR) is 100.0 cm³/mol. The summed E-state index contributed by atoms with van der Waals surface area (Å²) < 4.78 is 5.70. The average molecular weight is 347 g/mol. The summed E-state index contributed by atoms with van der Waals surface area (Å²) in [5, 5.41) is 3.33. The lowest BCUT2D eigenvalue weighted by Gasteiger charge is -2.34. The minimum atomic E-state index is 0.0291. The summed E-state index contributed by atoms with van der Waals surface area (Å²) in [5.74, 6) is 1.56. The number of nitrogens with one attached hydrogen (secondary N) is 1. The van der Waals surface area contributed by atoms with Gasteiger partial charge in [-0.2, -0.15) is 0 Å². The first-order valence-electron chi connectivity index (χ1n) is 8.74. The molecule has 0 radical (unpaired) electrons. The van der Waals surface area contributed by atoms with Crippen molar-refractivity contribution < 1.29 is 4.74 Å². The van der Waals surface area contributed by atoms with E-state index in [1.54, 1.807) is 12.4 Å². The molecule has 0 aliphatic carbocycles. The third-order valence-electron chi connectivity index (χ3n) is 4.37. The van der Waals surface area contributed by atoms with Crippen molar-refractivity contribution in [2.24, 2.45) is 0 Å². The molecule has 26 heavy (non-hydrogen) atoms. The van der Waals surface area contributed by atoms with Crippen LogP contribution in [0.25, 0.3) is 0 Å². The highest BCUT2D eigenvalue weighted by Gasteiger charge is 2.27. The van der Waals surface area contributed by atoms with Gasteiger partial charge < -0.3 is 10.1 Å². The van der Waals surface area contributed by atoms with Crippen molar-refractivity contribution >= 4 is 11.5 Å². The van der Waals surface area contributed by atoms with Crippen molar-refractivity contribution in [3.63, 3.8) is 0 Å². The second-order valence-electron chi connectivity index (χ2n) is 6.21. The van der Waals surface area contributed by atoms with Crippen molar-refractivity contribution in [1.29, 1.82) is 0 Å². The van der Waals surface area contributed by atoms with Crippen LogP contribution >= 0.6 is 0 Å². The Labute approximate surface area is 152 Å². The fourth-order valence-corrected chi connectivity index (χ4v) is 3.06. The van der Waals surface area contributed by atoms with Gasteiger partial charge in [0.15, 0.2) is 0 Å². The lowest BCUT2D eigenvalue weighted by molar-refractivity contribution is -0.0159. The first-order chi connectivity index (χ1) is 12.9. The first-order valence-corrected chi connectivity index (χ1v) is 8.74. The van der Waals surface area contributed by atoms with Gasteiger partial charge in [0, 0.05) is 37.4 Å². The van der Waals surface area contributed by atoms with E-state index in [1.807, 2.05) is 48.7 Å². The van der Waals surface area contributed by atoms with Crippen LogP contribution in [0.4, 0.5) is 11.5 Å². The normalized spacial score (nSPS) is 17.8. The summed E-state index contributed by atoms with van der Waals surface area (Å²) in [7, 11) is 0. The number of benzene rings is 1. The number of ether oxygens (including phenoxy) is 1. The van der Waals surface area contributed by atoms with E-state index < -0.39 is 0 Å². The van der Waals surface area contributed by atoms with Gasteiger partial charge in [-0.05, 0) is 29.8 Å². The third-order valence-corrected chi connectivity index (χ3v) is 4.37. The highest BCUT2D eigenvalue weighted by atomic mass is 16.5. The van der Waals surface area contributed by atoms with Gasteiger partial charge in [0.05, 0.1) is 19.3 Å². The van der Waals surface area contributed by atoms with Crippen molar-refractivity contribution in [2.75, 3.05) is 25.1 Å². The van der Waals surface area contributed by atoms with Gasteiger partial charge in [-0.25, -0.2) is 9.97 Å². The molecule has 0 saturated carbocycles. The number of nitrogens with zero attached hydrogens (tertiary/aromatic N) is 4. The van der Waals surface area contributed by atoms with E-state index >= 15 is 0 Å². The van der Waals surface area contributed by atoms with Crippen LogP contribution in [-0.4, -0.2) is 39.6 Å². The fraction of sp³-hybridized carbons (Fsp3) is 0.250. The Hall–Kier alpha value is -2.83. The monoisotopic (exact) mass is 347 g/mol. The molecular weight excluding hydrogens is 326 g/mol. The highest BCUT2D eigenvalue weighted by molar-refractivity contribution is 5.55. The van der Waals surface area contributed by atoms with E-state index in [0.717, 1.165) is 37.0 Å². The number of hydrogen-bond donors (Lipinski definition) is 1. The quantitative estimate of drug-likeness (QED) is 0.765. The number of para-hydroxylation sites is 1. The zero-order valence-corrected chi connectivity index (χ0v) is 14.5. The van der Waals surface area contributed by atoms with Crippen LogP contribution < -0.4 is 5.32 Å². The summed E-state index contributed by atoms with van der Waals surface area (Å²) in [6, 6.07) is 16.0. The van der Waals surface area contributed by atoms with Gasteiger partial charge in [0.1, 0.15) is 11.6 Å². The van der Waals surface area contributed by atoms with Gasteiger partial charge >= 0.3 is 0 Å². The largest absolute Gasteiger partial charge is 0.378 e. The average Bonchev–Trinajstić information content (AvgIpc) is 2.70. The summed E-state index contributed by atoms with van der Waals surface area (Å²) in [5.41, 5.74) is 2.18. The predicted octanol–water partition coefficient (Wildman–Crippen LogP) is 3.19. The molecule has 0 spiro atoms. The van der Waals surface area contributed by atoms with Crippen LogP contribution in [0, 0.1) is 0 Å². The van der Waals surface area contributed by atoms with Gasteiger partial charge in [0.25, 0.3) is 0 Å². The van der Waals surface area contributed by atoms with Crippen LogP contribution in [-0.2, 0) is 11.3 Å². The number of morpholine rings is 1. The molecule has 6 heteroatoms. The molecule has 4 rings (SSSR count). The molecule has 0 amide bonds. The standard InChI is InChI=1S/C20H21N5O/c1-2-6-17(7-3-1)23-19-8-10-22-20(24-19)18-15-26-12-11-25(18)14-16-5-4-9-21-13-16/h1-10,13,18H,11-12,14-15H2,(H,22,23,24)/t18-/m1/s1. The molecule has 2 aromatic heterocycles. The second-order valence-corrected chi connectivity index (χ2v) is 6.21. The zero-order chi connectivity index (χ0) is 17.6. The molecular formula is C20H21N5O. The Kier molecular flexibility index (Phi) is 5.14. The molecule has 1 atom stereocenters. The van der Waals surface area contributed by atoms with E-state index in [1.165, 1.54) is 5.56 Å². The number of anilines is 2. The number of hydrogen-bond acceptors (Lipinski definition) is 6. The van der Waals surface area contributed by atoms with E-state index in [2.05, 4.69) is 26.3 Å². The maximum absolute atomic E-state index is 5.70. The maximum Gasteiger partial charge on any atom is 0.150 e. The SMILES string of the molecule is c1ccc(Nc2ccnc([C@H]3COCCN3Cc3cccnc3)n2)cc1. The molecule has 1 aromatic carbocycles. The lowest BCUT2D eigenvalue weighted by atomic mass is 10.1. The molecule has 132 valence electrons. The van der Waals surface area contributed by atoms with Gasteiger partial charge in [-0.15, -0.1) is 0 Å². The molecule has 1 aliphatic heterocycles. The maximum atomic E-state index is 5.70. The Morgan fingerprint density at radius 2 is 2.00 bits per heavy atom. The molecule has 1 N–H and O–H groups in total. The van der Waals surface area contributed by atoms with Gasteiger partial charge in [0.2, 0.25) is 0 Å². The third kappa shape index (κ3) is 4.04. The van der Waals surface area contributed by atoms with E-state index in [0.29, 0.717) is 6.61 Å². The summed E-state index contributed by atoms with van der Waals surface area (Å²) in [6.07, 6.45) is 5.49. The molecule has 1 aliphatic rings. The molecule has 1 saturated heterocycles. The Bertz CT molecular complexity index is 828. The summed E-state index contributed by atoms with van der Waals surface area (Å²) >= 11 is 0. The Morgan fingerprint density at radius 1 is 1.08 bits per heavy atom. The number of rotatable bonds is 5. The second kappa shape index (κ2) is 8.03. The summed E-state index contributed by atoms with van der Waals surface area (Å²) in [4.78, 5) is 15.8. The smallest absolute Gasteiger partial charge is 0.150 e. The van der Waals surface area contributed by atoms with Crippen molar-refractivity contribution in [1.82, 2.24) is 19.9 Å². The van der Waals surface area contributed by atoms with Crippen LogP contribution in [0.15, 0.2) is 67.1 Å². The first kappa shape index (κ1) is 16.6. The van der Waals surface area contributed by atoms with Crippen LogP contribution in [0.3, 0.4) is 0 Å². The number of pyridine rings is 1. The molecule has 0 bridgehead atoms. The van der Waals surface area contributed by atoms with E-state index in [4.69, 9.17) is 9.72 Å². The molecule has 6 nitrogen and oxygen atoms in total. The van der Waals surface area contributed by atoms with E-state index in [-0.39, 0.29) is 6.04 Å². The molecule has 0 unspecified atom stereocenters. The van der Waals surface area contributed by atoms with Crippen LogP contribution in [0.5, 0.6) is 0 Å². The molecule has 3 aromatic rings. The minimum Gasteiger partial charge on any atom is -0.378 e. The van der Waals surface area contributed by atoms with Crippen LogP contribution in [0.1, 0.15) is 17.4 Å². The number of aromatic nitrogens is 3. The zero-order valence-electron chi connectivity index (χ0n) is 14.5. The van der Waals surface area contributed by atoms with E-state index in [9.17, 15) is 0 Å². The molecule has 1 fully saturated rings. The Balaban J connectivity index is 1.53. The van der Waals surface area contributed by atoms with Crippen molar-refractivity contribution in [3.8, 4) is 0 Å². The summed E-state index contributed by atoms with van der Waals surface area (Å²) in [6.45, 7) is 2.97.